The SMILES string of the molecule is C=C1/C(=C\C=C(/C)Oc2ccnc3c2CCC(=O)N3)O[C@@H]2[C@@H](NC(=O)Nc3ccc(Cl)c(Cl)c3)[C@H]12. The first-order valence-electron chi connectivity index (χ1n) is 11.0. The number of nitrogens with one attached hydrogen (secondary N) is 3. The number of ether oxygens (including phenoxy) is 2. The Morgan fingerprint density at radius 1 is 1.29 bits per heavy atom. The van der Waals surface area contributed by atoms with E-state index in [1.165, 1.54) is 0 Å². The third kappa shape index (κ3) is 4.85. The van der Waals surface area contributed by atoms with Crippen LogP contribution in [-0.2, 0) is 16.0 Å². The van der Waals surface area contributed by atoms with E-state index >= 15 is 0 Å². The molecule has 2 fully saturated rings. The van der Waals surface area contributed by atoms with Gasteiger partial charge in [-0.05, 0) is 55.3 Å². The van der Waals surface area contributed by atoms with Gasteiger partial charge in [-0.2, -0.15) is 0 Å². The summed E-state index contributed by atoms with van der Waals surface area (Å²) in [6.45, 7) is 5.97. The summed E-state index contributed by atoms with van der Waals surface area (Å²) in [6, 6.07) is 6.15. The number of hydrogen-bond acceptors (Lipinski definition) is 5. The number of hydrogen-bond donors (Lipinski definition) is 3. The normalized spacial score (nSPS) is 23.7. The number of urea groups is 1. The summed E-state index contributed by atoms with van der Waals surface area (Å²) in [5, 5.41) is 9.19. The molecule has 3 heterocycles. The molecule has 1 aromatic carbocycles. The number of nitrogens with zero attached hydrogens (tertiary/aromatic N) is 1. The minimum Gasteiger partial charge on any atom is -0.487 e. The summed E-state index contributed by atoms with van der Waals surface area (Å²) in [5.74, 6) is 2.48. The van der Waals surface area contributed by atoms with Gasteiger partial charge in [-0.1, -0.05) is 29.8 Å². The maximum Gasteiger partial charge on any atom is 0.319 e. The number of carbonyl (C=O) groups is 2. The lowest BCUT2D eigenvalue weighted by Crippen LogP contribution is -2.33. The van der Waals surface area contributed by atoms with E-state index in [9.17, 15) is 9.59 Å². The zero-order valence-electron chi connectivity index (χ0n) is 18.7. The molecule has 1 saturated carbocycles. The Bertz CT molecular complexity index is 1310. The highest BCUT2D eigenvalue weighted by Gasteiger charge is 2.60. The highest BCUT2D eigenvalue weighted by molar-refractivity contribution is 6.42. The van der Waals surface area contributed by atoms with E-state index in [-0.39, 0.29) is 30.0 Å². The Kier molecular flexibility index (Phi) is 6.17. The second-order valence-corrected chi connectivity index (χ2v) is 9.30. The molecule has 0 bridgehead atoms. The number of anilines is 2. The van der Waals surface area contributed by atoms with Crippen LogP contribution in [0.3, 0.4) is 0 Å². The number of aromatic nitrogens is 1. The summed E-state index contributed by atoms with van der Waals surface area (Å²) in [4.78, 5) is 28.1. The minimum absolute atomic E-state index is 0.0197. The average Bonchev–Trinajstić information content (AvgIpc) is 3.37. The lowest BCUT2D eigenvalue weighted by molar-refractivity contribution is -0.116. The third-order valence-electron chi connectivity index (χ3n) is 6.02. The fourth-order valence-electron chi connectivity index (χ4n) is 4.20. The molecule has 1 aliphatic carbocycles. The smallest absolute Gasteiger partial charge is 0.319 e. The molecule has 0 spiro atoms. The maximum atomic E-state index is 12.3. The van der Waals surface area contributed by atoms with Crippen LogP contribution in [-0.4, -0.2) is 29.1 Å². The fraction of sp³-hybridized carbons (Fsp3) is 0.240. The molecule has 3 amide bonds. The summed E-state index contributed by atoms with van der Waals surface area (Å²) in [7, 11) is 0. The molecule has 2 aliphatic heterocycles. The van der Waals surface area contributed by atoms with Gasteiger partial charge in [-0.15, -0.1) is 0 Å². The zero-order chi connectivity index (χ0) is 24.7. The first-order chi connectivity index (χ1) is 16.8. The molecule has 1 saturated heterocycles. The van der Waals surface area contributed by atoms with Crippen molar-refractivity contribution in [2.75, 3.05) is 10.6 Å². The fourth-order valence-corrected chi connectivity index (χ4v) is 4.49. The van der Waals surface area contributed by atoms with Crippen molar-refractivity contribution in [2.45, 2.75) is 31.9 Å². The Labute approximate surface area is 212 Å². The van der Waals surface area contributed by atoms with Gasteiger partial charge in [0.2, 0.25) is 5.91 Å². The van der Waals surface area contributed by atoms with Gasteiger partial charge in [-0.25, -0.2) is 9.78 Å². The number of rotatable bonds is 5. The van der Waals surface area contributed by atoms with Crippen LogP contribution in [0, 0.1) is 5.92 Å². The van der Waals surface area contributed by atoms with E-state index < -0.39 is 0 Å². The van der Waals surface area contributed by atoms with Crippen molar-refractivity contribution in [3.05, 3.63) is 81.9 Å². The van der Waals surface area contributed by atoms with Crippen molar-refractivity contribution < 1.29 is 19.1 Å². The van der Waals surface area contributed by atoms with Crippen LogP contribution in [0.4, 0.5) is 16.3 Å². The zero-order valence-corrected chi connectivity index (χ0v) is 20.2. The second-order valence-electron chi connectivity index (χ2n) is 8.48. The van der Waals surface area contributed by atoms with E-state index in [4.69, 9.17) is 32.7 Å². The Morgan fingerprint density at radius 3 is 2.86 bits per heavy atom. The average molecular weight is 513 g/mol. The van der Waals surface area contributed by atoms with Gasteiger partial charge >= 0.3 is 6.03 Å². The number of allylic oxidation sites excluding steroid dienone is 4. The van der Waals surface area contributed by atoms with Crippen molar-refractivity contribution in [1.29, 1.82) is 0 Å². The molecule has 10 heteroatoms. The first kappa shape index (κ1) is 23.3. The second kappa shape index (κ2) is 9.28. The van der Waals surface area contributed by atoms with Gasteiger partial charge in [0.25, 0.3) is 0 Å². The number of fused-ring (bicyclic) bond motifs is 2. The van der Waals surface area contributed by atoms with Gasteiger partial charge in [0.1, 0.15) is 29.2 Å². The quantitative estimate of drug-likeness (QED) is 0.477. The van der Waals surface area contributed by atoms with Gasteiger partial charge in [0.05, 0.1) is 22.0 Å². The predicted molar refractivity (Wildman–Crippen MR) is 134 cm³/mol. The Morgan fingerprint density at radius 2 is 2.11 bits per heavy atom. The van der Waals surface area contributed by atoms with Gasteiger partial charge < -0.3 is 25.4 Å². The third-order valence-corrected chi connectivity index (χ3v) is 6.76. The maximum absolute atomic E-state index is 12.3. The lowest BCUT2D eigenvalue weighted by atomic mass is 10.1. The van der Waals surface area contributed by atoms with E-state index in [0.717, 1.165) is 11.1 Å². The van der Waals surface area contributed by atoms with Crippen molar-refractivity contribution in [3.63, 3.8) is 0 Å². The van der Waals surface area contributed by atoms with Crippen molar-refractivity contribution in [2.24, 2.45) is 5.92 Å². The monoisotopic (exact) mass is 512 g/mol. The highest BCUT2D eigenvalue weighted by Crippen LogP contribution is 2.50. The molecule has 3 atom stereocenters. The number of amides is 3. The van der Waals surface area contributed by atoms with E-state index in [1.54, 1.807) is 36.5 Å². The number of benzene rings is 1. The van der Waals surface area contributed by atoms with E-state index in [2.05, 4.69) is 27.5 Å². The summed E-state index contributed by atoms with van der Waals surface area (Å²) in [6.07, 6.45) is 6.05. The molecule has 180 valence electrons. The number of pyridine rings is 1. The predicted octanol–water partition coefficient (Wildman–Crippen LogP) is 5.21. The van der Waals surface area contributed by atoms with Crippen LogP contribution >= 0.6 is 23.2 Å². The van der Waals surface area contributed by atoms with Crippen molar-refractivity contribution >= 4 is 46.6 Å². The number of halogens is 2. The van der Waals surface area contributed by atoms with Gasteiger partial charge in [0, 0.05) is 23.9 Å². The highest BCUT2D eigenvalue weighted by atomic mass is 35.5. The molecule has 2 aromatic rings. The summed E-state index contributed by atoms with van der Waals surface area (Å²) in [5.41, 5.74) is 2.24. The van der Waals surface area contributed by atoms with Crippen LogP contribution < -0.4 is 20.7 Å². The Balaban J connectivity index is 1.16. The van der Waals surface area contributed by atoms with Crippen LogP contribution in [0.15, 0.2) is 66.3 Å². The van der Waals surface area contributed by atoms with Gasteiger partial charge in [0.15, 0.2) is 0 Å². The standard InChI is InChI=1S/C25H22Cl2N4O4/c1-12(34-19-9-10-28-24-15(19)5-8-20(32)30-24)3-7-18-13(2)21-22(23(21)35-18)31-25(33)29-14-4-6-16(26)17(27)11-14/h3-4,6-7,9-11,21-23H,2,5,8H2,1H3,(H,28,30,32)(H2,29,31,33)/b12-3+,18-7+/t21-,22-,23-/m0/s1. The molecule has 1 aromatic heterocycles. The molecule has 0 radical (unpaired) electrons. The lowest BCUT2D eigenvalue weighted by Gasteiger charge is -2.18. The summed E-state index contributed by atoms with van der Waals surface area (Å²) < 4.78 is 12.0. The van der Waals surface area contributed by atoms with E-state index in [1.807, 2.05) is 13.0 Å². The largest absolute Gasteiger partial charge is 0.487 e. The number of carbonyl (C=O) groups excluding carboxylic acids is 2. The minimum atomic E-state index is -0.356. The molecule has 8 nitrogen and oxygen atoms in total. The van der Waals surface area contributed by atoms with E-state index in [0.29, 0.717) is 51.7 Å². The van der Waals surface area contributed by atoms with Crippen LogP contribution in [0.5, 0.6) is 5.75 Å². The van der Waals surface area contributed by atoms with Crippen LogP contribution in [0.1, 0.15) is 18.9 Å². The Hall–Kier alpha value is -3.49. The van der Waals surface area contributed by atoms with Gasteiger partial charge in [-0.3, -0.25) is 4.79 Å². The molecule has 35 heavy (non-hydrogen) atoms. The first-order valence-corrected chi connectivity index (χ1v) is 11.8. The molecule has 5 rings (SSSR count). The molecule has 0 unspecified atom stereocenters. The van der Waals surface area contributed by atoms with Crippen LogP contribution in [0.25, 0.3) is 0 Å². The van der Waals surface area contributed by atoms with Crippen LogP contribution in [0.2, 0.25) is 10.0 Å². The van der Waals surface area contributed by atoms with Crippen molar-refractivity contribution in [3.8, 4) is 5.75 Å². The van der Waals surface area contributed by atoms with Crippen molar-refractivity contribution in [1.82, 2.24) is 10.3 Å². The molecular formula is C25H22Cl2N4O4. The molecular weight excluding hydrogens is 491 g/mol. The summed E-state index contributed by atoms with van der Waals surface area (Å²) >= 11 is 11.9. The molecule has 3 aliphatic rings. The molecule has 3 N–H and O–H groups in total. The topological polar surface area (TPSA) is 102 Å².